The predicted octanol–water partition coefficient (Wildman–Crippen LogP) is 3.06. The molecule has 2 heterocycles. The molecular formula is C21H22N4O2. The zero-order valence-electron chi connectivity index (χ0n) is 15.3. The highest BCUT2D eigenvalue weighted by Crippen LogP contribution is 2.23. The normalized spacial score (nSPS) is 14.1. The first-order valence-corrected chi connectivity index (χ1v) is 9.36. The van der Waals surface area contributed by atoms with Crippen LogP contribution in [0.25, 0.3) is 5.65 Å². The van der Waals surface area contributed by atoms with E-state index in [9.17, 15) is 9.59 Å². The second-order valence-corrected chi connectivity index (χ2v) is 7.04. The van der Waals surface area contributed by atoms with Crippen LogP contribution in [0.4, 0.5) is 0 Å². The Labute approximate surface area is 157 Å². The van der Waals surface area contributed by atoms with Crippen LogP contribution in [0.3, 0.4) is 0 Å². The Morgan fingerprint density at radius 2 is 1.96 bits per heavy atom. The highest BCUT2D eigenvalue weighted by molar-refractivity contribution is 5.98. The minimum Gasteiger partial charge on any atom is -0.346 e. The Hall–Kier alpha value is -3.02. The molecule has 4 rings (SSSR count). The molecule has 27 heavy (non-hydrogen) atoms. The van der Waals surface area contributed by atoms with Crippen molar-refractivity contribution < 1.29 is 9.59 Å². The third-order valence-corrected chi connectivity index (χ3v) is 5.10. The molecule has 1 amide bonds. The first-order valence-electron chi connectivity index (χ1n) is 9.36. The van der Waals surface area contributed by atoms with Gasteiger partial charge in [-0.05, 0) is 55.5 Å². The molecule has 6 heteroatoms. The van der Waals surface area contributed by atoms with E-state index in [1.807, 2.05) is 53.9 Å². The lowest BCUT2D eigenvalue weighted by atomic mass is 10.0. The summed E-state index contributed by atoms with van der Waals surface area (Å²) in [4.78, 5) is 24.7. The second-order valence-electron chi connectivity index (χ2n) is 7.04. The first kappa shape index (κ1) is 17.4. The van der Waals surface area contributed by atoms with Crippen LogP contribution in [0.2, 0.25) is 0 Å². The van der Waals surface area contributed by atoms with Crippen molar-refractivity contribution in [3.8, 4) is 0 Å². The number of pyridine rings is 1. The molecule has 2 aromatic heterocycles. The molecule has 1 unspecified atom stereocenters. The third-order valence-electron chi connectivity index (χ3n) is 5.10. The molecule has 1 atom stereocenters. The Morgan fingerprint density at radius 3 is 2.85 bits per heavy atom. The van der Waals surface area contributed by atoms with Crippen LogP contribution in [0, 0.1) is 0 Å². The van der Waals surface area contributed by atoms with E-state index in [1.54, 1.807) is 0 Å². The Bertz CT molecular complexity index is 1010. The number of rotatable bonds is 6. The van der Waals surface area contributed by atoms with E-state index >= 15 is 0 Å². The number of carbonyl (C=O) groups excluding carboxylic acids is 2. The van der Waals surface area contributed by atoms with E-state index in [0.29, 0.717) is 11.4 Å². The summed E-state index contributed by atoms with van der Waals surface area (Å²) in [5.74, 6) is 0.522. The number of aryl methyl sites for hydroxylation is 2. The molecule has 0 aliphatic heterocycles. The number of nitrogens with one attached hydrogen (secondary N) is 1. The summed E-state index contributed by atoms with van der Waals surface area (Å²) in [6.07, 6.45) is 5.53. The number of aromatic nitrogens is 3. The van der Waals surface area contributed by atoms with Crippen molar-refractivity contribution >= 4 is 17.3 Å². The van der Waals surface area contributed by atoms with Crippen LogP contribution >= 0.6 is 0 Å². The summed E-state index contributed by atoms with van der Waals surface area (Å²) in [5, 5.41) is 11.2. The van der Waals surface area contributed by atoms with Gasteiger partial charge < -0.3 is 5.32 Å². The van der Waals surface area contributed by atoms with Crippen molar-refractivity contribution in [1.82, 2.24) is 19.9 Å². The second kappa shape index (κ2) is 7.31. The summed E-state index contributed by atoms with van der Waals surface area (Å²) < 4.78 is 1.85. The summed E-state index contributed by atoms with van der Waals surface area (Å²) in [6.45, 7) is 1.86. The van der Waals surface area contributed by atoms with E-state index in [4.69, 9.17) is 0 Å². The van der Waals surface area contributed by atoms with Crippen LogP contribution in [0.15, 0.2) is 42.6 Å². The largest absolute Gasteiger partial charge is 0.346 e. The third kappa shape index (κ3) is 3.60. The Morgan fingerprint density at radius 1 is 1.11 bits per heavy atom. The zero-order valence-corrected chi connectivity index (χ0v) is 15.3. The summed E-state index contributed by atoms with van der Waals surface area (Å²) in [5.41, 5.74) is 4.07. The van der Waals surface area contributed by atoms with Gasteiger partial charge in [0.1, 0.15) is 0 Å². The lowest BCUT2D eigenvalue weighted by Gasteiger charge is -2.12. The SMILES string of the molecule is CC(NC(=O)CCC(=O)c1ccc2c(c1)CCC2)c1nnc2ccccn12. The van der Waals surface area contributed by atoms with Crippen molar-refractivity contribution in [3.05, 3.63) is 65.1 Å². The van der Waals surface area contributed by atoms with Gasteiger partial charge in [-0.25, -0.2) is 0 Å². The van der Waals surface area contributed by atoms with Gasteiger partial charge in [-0.1, -0.05) is 18.2 Å². The maximum Gasteiger partial charge on any atom is 0.221 e. The van der Waals surface area contributed by atoms with Gasteiger partial charge >= 0.3 is 0 Å². The first-order chi connectivity index (χ1) is 13.1. The summed E-state index contributed by atoms with van der Waals surface area (Å²) in [7, 11) is 0. The minimum absolute atomic E-state index is 0.0143. The number of hydrogen-bond donors (Lipinski definition) is 1. The molecular weight excluding hydrogens is 340 g/mol. The van der Waals surface area contributed by atoms with Crippen LogP contribution in [-0.4, -0.2) is 26.3 Å². The van der Waals surface area contributed by atoms with Crippen molar-refractivity contribution in [2.75, 3.05) is 0 Å². The predicted molar refractivity (Wildman–Crippen MR) is 102 cm³/mol. The fourth-order valence-electron chi connectivity index (χ4n) is 3.65. The smallest absolute Gasteiger partial charge is 0.221 e. The zero-order chi connectivity index (χ0) is 18.8. The quantitative estimate of drug-likeness (QED) is 0.684. The number of amides is 1. The number of nitrogens with zero attached hydrogens (tertiary/aromatic N) is 3. The molecule has 0 radical (unpaired) electrons. The number of ketones is 1. The van der Waals surface area contributed by atoms with Crippen LogP contribution in [0.1, 0.15) is 59.5 Å². The Balaban J connectivity index is 1.34. The maximum atomic E-state index is 12.4. The van der Waals surface area contributed by atoms with Crippen LogP contribution in [-0.2, 0) is 17.6 Å². The molecule has 138 valence electrons. The summed E-state index contributed by atoms with van der Waals surface area (Å²) >= 11 is 0. The van der Waals surface area contributed by atoms with Crippen molar-refractivity contribution in [2.24, 2.45) is 0 Å². The topological polar surface area (TPSA) is 76.4 Å². The number of benzene rings is 1. The number of carbonyl (C=O) groups is 2. The Kier molecular flexibility index (Phi) is 4.71. The molecule has 0 spiro atoms. The molecule has 0 saturated heterocycles. The average Bonchev–Trinajstić information content (AvgIpc) is 3.32. The number of hydrogen-bond acceptors (Lipinski definition) is 4. The molecule has 0 saturated carbocycles. The summed E-state index contributed by atoms with van der Waals surface area (Å²) in [6, 6.07) is 11.3. The molecule has 1 aromatic carbocycles. The van der Waals surface area contributed by atoms with Crippen molar-refractivity contribution in [1.29, 1.82) is 0 Å². The highest BCUT2D eigenvalue weighted by Gasteiger charge is 2.18. The maximum absolute atomic E-state index is 12.4. The molecule has 0 bridgehead atoms. The van der Waals surface area contributed by atoms with Gasteiger partial charge in [-0.3, -0.25) is 14.0 Å². The van der Waals surface area contributed by atoms with Crippen LogP contribution in [0.5, 0.6) is 0 Å². The lowest BCUT2D eigenvalue weighted by molar-refractivity contribution is -0.121. The van der Waals surface area contributed by atoms with Crippen molar-refractivity contribution in [3.63, 3.8) is 0 Å². The van der Waals surface area contributed by atoms with Gasteiger partial charge in [-0.15, -0.1) is 10.2 Å². The number of fused-ring (bicyclic) bond motifs is 2. The van der Waals surface area contributed by atoms with Crippen LogP contribution < -0.4 is 5.32 Å². The molecule has 1 aliphatic carbocycles. The van der Waals surface area contributed by atoms with E-state index in [0.717, 1.165) is 24.9 Å². The fraction of sp³-hybridized carbons (Fsp3) is 0.333. The van der Waals surface area contributed by atoms with Gasteiger partial charge in [0.2, 0.25) is 5.91 Å². The lowest BCUT2D eigenvalue weighted by Crippen LogP contribution is -2.28. The molecule has 1 aliphatic rings. The molecule has 1 N–H and O–H groups in total. The molecule has 3 aromatic rings. The average molecular weight is 362 g/mol. The molecule has 0 fully saturated rings. The van der Waals surface area contributed by atoms with Gasteiger partial charge in [0.05, 0.1) is 6.04 Å². The van der Waals surface area contributed by atoms with Gasteiger partial charge in [-0.2, -0.15) is 0 Å². The van der Waals surface area contributed by atoms with Gasteiger partial charge in [0.25, 0.3) is 0 Å². The molecule has 6 nitrogen and oxygen atoms in total. The monoisotopic (exact) mass is 362 g/mol. The fourth-order valence-corrected chi connectivity index (χ4v) is 3.65. The van der Waals surface area contributed by atoms with Crippen molar-refractivity contribution in [2.45, 2.75) is 45.1 Å². The standard InChI is InChI=1S/C21H22N4O2/c1-14(21-24-23-19-7-2-3-12-25(19)21)22-20(27)11-10-18(26)17-9-8-15-5-4-6-16(15)13-17/h2-3,7-9,12-14H,4-6,10-11H2,1H3,(H,22,27). The van der Waals surface area contributed by atoms with E-state index in [2.05, 4.69) is 15.5 Å². The van der Waals surface area contributed by atoms with E-state index < -0.39 is 0 Å². The van der Waals surface area contributed by atoms with E-state index in [1.165, 1.54) is 11.1 Å². The minimum atomic E-state index is -0.287. The number of Topliss-reactive ketones (excluding diaryl/α,β-unsaturated/α-hetero) is 1. The van der Waals surface area contributed by atoms with E-state index in [-0.39, 0.29) is 30.6 Å². The highest BCUT2D eigenvalue weighted by atomic mass is 16.2. The van der Waals surface area contributed by atoms with Gasteiger partial charge in [0.15, 0.2) is 17.3 Å². The van der Waals surface area contributed by atoms with Gasteiger partial charge in [0, 0.05) is 24.6 Å².